The van der Waals surface area contributed by atoms with Crippen molar-refractivity contribution in [1.82, 2.24) is 4.90 Å². The van der Waals surface area contributed by atoms with E-state index < -0.39 is 0 Å². The zero-order valence-corrected chi connectivity index (χ0v) is 15.1. The van der Waals surface area contributed by atoms with E-state index in [1.165, 1.54) is 11.1 Å². The van der Waals surface area contributed by atoms with Gasteiger partial charge in [0.05, 0.1) is 13.7 Å². The van der Waals surface area contributed by atoms with Crippen molar-refractivity contribution < 1.29 is 4.74 Å². The van der Waals surface area contributed by atoms with Gasteiger partial charge in [0.25, 0.3) is 0 Å². The molecule has 0 saturated heterocycles. The van der Waals surface area contributed by atoms with E-state index in [4.69, 9.17) is 4.74 Å². The molecule has 2 nitrogen and oxygen atoms in total. The van der Waals surface area contributed by atoms with Gasteiger partial charge in [0.2, 0.25) is 0 Å². The van der Waals surface area contributed by atoms with Gasteiger partial charge in [-0.3, -0.25) is 4.90 Å². The average molecular weight is 341 g/mol. The Bertz CT molecular complexity index is 845. The van der Waals surface area contributed by atoms with Crippen molar-refractivity contribution in [2.24, 2.45) is 0 Å². The summed E-state index contributed by atoms with van der Waals surface area (Å²) in [4.78, 5) is 2.35. The minimum atomic E-state index is 0.718. The number of ether oxygens (including phenoxy) is 1. The molecular weight excluding hydrogens is 318 g/mol. The lowest BCUT2D eigenvalue weighted by Crippen LogP contribution is -2.23. The van der Waals surface area contributed by atoms with Gasteiger partial charge in [-0.2, -0.15) is 0 Å². The second-order valence-corrected chi connectivity index (χ2v) is 6.15. The molecule has 0 aliphatic heterocycles. The van der Waals surface area contributed by atoms with Crippen molar-refractivity contribution >= 4 is 0 Å². The molecule has 0 amide bonds. The van der Waals surface area contributed by atoms with E-state index in [9.17, 15) is 0 Å². The summed E-state index contributed by atoms with van der Waals surface area (Å²) >= 11 is 0. The molecule has 0 fully saturated rings. The molecule has 0 saturated carbocycles. The monoisotopic (exact) mass is 341 g/mol. The summed E-state index contributed by atoms with van der Waals surface area (Å²) in [5.41, 5.74) is 3.60. The molecule has 3 aromatic rings. The van der Waals surface area contributed by atoms with E-state index >= 15 is 0 Å². The maximum absolute atomic E-state index is 5.25. The number of benzene rings is 3. The van der Waals surface area contributed by atoms with Crippen LogP contribution in [0.5, 0.6) is 5.75 Å². The number of nitrogens with zero attached hydrogens (tertiary/aromatic N) is 1. The minimum absolute atomic E-state index is 0.718. The normalized spacial score (nSPS) is 10.2. The van der Waals surface area contributed by atoms with Crippen LogP contribution in [-0.4, -0.2) is 18.6 Å². The van der Waals surface area contributed by atoms with Gasteiger partial charge in [-0.15, -0.1) is 0 Å². The summed E-state index contributed by atoms with van der Waals surface area (Å²) in [5.74, 6) is 7.45. The highest BCUT2D eigenvalue weighted by atomic mass is 16.5. The highest BCUT2D eigenvalue weighted by Crippen LogP contribution is 2.14. The third kappa shape index (κ3) is 5.51. The van der Waals surface area contributed by atoms with Crippen molar-refractivity contribution in [1.29, 1.82) is 0 Å². The smallest absolute Gasteiger partial charge is 0.118 e. The third-order valence-corrected chi connectivity index (χ3v) is 4.12. The second kappa shape index (κ2) is 9.46. The van der Waals surface area contributed by atoms with Gasteiger partial charge in [-0.25, -0.2) is 0 Å². The average Bonchev–Trinajstić information content (AvgIpc) is 2.70. The molecule has 0 N–H and O–H groups in total. The fourth-order valence-electron chi connectivity index (χ4n) is 2.77. The third-order valence-electron chi connectivity index (χ3n) is 4.12. The van der Waals surface area contributed by atoms with Gasteiger partial charge in [-0.05, 0) is 35.4 Å². The lowest BCUT2D eigenvalue weighted by atomic mass is 10.1. The summed E-state index contributed by atoms with van der Waals surface area (Å²) in [5, 5.41) is 0. The Kier molecular flexibility index (Phi) is 6.47. The molecule has 0 spiro atoms. The molecule has 130 valence electrons. The highest BCUT2D eigenvalue weighted by molar-refractivity contribution is 5.34. The highest BCUT2D eigenvalue weighted by Gasteiger charge is 2.06. The maximum Gasteiger partial charge on any atom is 0.118 e. The first kappa shape index (κ1) is 17.8. The summed E-state index contributed by atoms with van der Waals surface area (Å²) in [7, 11) is 1.69. The molecule has 3 aromatic carbocycles. The molecule has 0 heterocycles. The molecule has 0 atom stereocenters. The van der Waals surface area contributed by atoms with Crippen LogP contribution in [0.1, 0.15) is 16.7 Å². The lowest BCUT2D eigenvalue weighted by Gasteiger charge is -2.20. The van der Waals surface area contributed by atoms with Gasteiger partial charge in [-0.1, -0.05) is 72.5 Å². The van der Waals surface area contributed by atoms with Gasteiger partial charge in [0.1, 0.15) is 5.75 Å². The molecule has 3 rings (SSSR count). The van der Waals surface area contributed by atoms with Crippen LogP contribution in [0.2, 0.25) is 0 Å². The van der Waals surface area contributed by atoms with Crippen molar-refractivity contribution in [2.75, 3.05) is 13.7 Å². The SMILES string of the molecule is COc1ccc(CN(CC#Cc2ccccc2)Cc2ccccc2)cc1. The Morgan fingerprint density at radius 2 is 1.31 bits per heavy atom. The van der Waals surface area contributed by atoms with E-state index in [0.717, 1.165) is 30.9 Å². The van der Waals surface area contributed by atoms with E-state index in [-0.39, 0.29) is 0 Å². The van der Waals surface area contributed by atoms with Crippen LogP contribution in [0.4, 0.5) is 0 Å². The molecule has 2 heteroatoms. The van der Waals surface area contributed by atoms with Crippen LogP contribution < -0.4 is 4.74 Å². The predicted octanol–water partition coefficient (Wildman–Crippen LogP) is 4.75. The Balaban J connectivity index is 1.71. The molecule has 26 heavy (non-hydrogen) atoms. The number of hydrogen-bond donors (Lipinski definition) is 0. The van der Waals surface area contributed by atoms with Crippen molar-refractivity contribution in [3.05, 3.63) is 102 Å². The van der Waals surface area contributed by atoms with Crippen molar-refractivity contribution in [3.63, 3.8) is 0 Å². The number of hydrogen-bond acceptors (Lipinski definition) is 2. The molecule has 0 aliphatic rings. The second-order valence-electron chi connectivity index (χ2n) is 6.15. The van der Waals surface area contributed by atoms with E-state index in [2.05, 4.69) is 53.1 Å². The Hall–Kier alpha value is -3.02. The first-order valence-corrected chi connectivity index (χ1v) is 8.76. The molecule has 0 aromatic heterocycles. The van der Waals surface area contributed by atoms with Crippen molar-refractivity contribution in [3.8, 4) is 17.6 Å². The standard InChI is InChI=1S/C24H23NO/c1-26-24-16-14-23(15-17-24)20-25(19-22-11-6-3-7-12-22)18-8-13-21-9-4-2-5-10-21/h2-7,9-12,14-17H,18-20H2,1H3. The van der Waals surface area contributed by atoms with Gasteiger partial charge >= 0.3 is 0 Å². The zero-order chi connectivity index (χ0) is 18.0. The number of methoxy groups -OCH3 is 1. The Morgan fingerprint density at radius 1 is 0.731 bits per heavy atom. The van der Waals surface area contributed by atoms with Gasteiger partial charge in [0, 0.05) is 18.7 Å². The first-order valence-electron chi connectivity index (χ1n) is 8.76. The van der Waals surface area contributed by atoms with Crippen LogP contribution in [0, 0.1) is 11.8 Å². The van der Waals surface area contributed by atoms with E-state index in [0.29, 0.717) is 0 Å². The Labute approximate surface area is 156 Å². The van der Waals surface area contributed by atoms with Crippen LogP contribution in [0.15, 0.2) is 84.9 Å². The molecular formula is C24H23NO. The molecule has 0 unspecified atom stereocenters. The quantitative estimate of drug-likeness (QED) is 0.600. The molecule has 0 radical (unpaired) electrons. The summed E-state index contributed by atoms with van der Waals surface area (Å²) in [6.07, 6.45) is 0. The van der Waals surface area contributed by atoms with E-state index in [1.54, 1.807) is 7.11 Å². The summed E-state index contributed by atoms with van der Waals surface area (Å²) in [6.45, 7) is 2.44. The fourth-order valence-corrected chi connectivity index (χ4v) is 2.77. The summed E-state index contributed by atoms with van der Waals surface area (Å²) < 4.78 is 5.25. The van der Waals surface area contributed by atoms with E-state index in [1.807, 2.05) is 48.5 Å². The summed E-state index contributed by atoms with van der Waals surface area (Å²) in [6, 6.07) is 28.9. The zero-order valence-electron chi connectivity index (χ0n) is 15.1. The van der Waals surface area contributed by atoms with Crippen LogP contribution in [-0.2, 0) is 13.1 Å². The van der Waals surface area contributed by atoms with Crippen LogP contribution in [0.25, 0.3) is 0 Å². The topological polar surface area (TPSA) is 12.5 Å². The molecule has 0 bridgehead atoms. The van der Waals surface area contributed by atoms with Gasteiger partial charge < -0.3 is 4.74 Å². The minimum Gasteiger partial charge on any atom is -0.497 e. The maximum atomic E-state index is 5.25. The fraction of sp³-hybridized carbons (Fsp3) is 0.167. The predicted molar refractivity (Wildman–Crippen MR) is 107 cm³/mol. The molecule has 0 aliphatic carbocycles. The van der Waals surface area contributed by atoms with Gasteiger partial charge in [0.15, 0.2) is 0 Å². The number of rotatable bonds is 6. The largest absolute Gasteiger partial charge is 0.497 e. The van der Waals surface area contributed by atoms with Crippen LogP contribution in [0.3, 0.4) is 0 Å². The first-order chi connectivity index (χ1) is 12.8. The lowest BCUT2D eigenvalue weighted by molar-refractivity contribution is 0.290. The Morgan fingerprint density at radius 3 is 1.92 bits per heavy atom. The van der Waals surface area contributed by atoms with Crippen LogP contribution >= 0.6 is 0 Å². The van der Waals surface area contributed by atoms with Crippen molar-refractivity contribution in [2.45, 2.75) is 13.1 Å².